The summed E-state index contributed by atoms with van der Waals surface area (Å²) in [6.45, 7) is 3.82. The molecule has 1 aromatic rings. The van der Waals surface area contributed by atoms with Crippen LogP contribution in [0.15, 0.2) is 24.3 Å². The summed E-state index contributed by atoms with van der Waals surface area (Å²) in [4.78, 5) is 17.1. The number of ether oxygens (including phenoxy) is 1. The van der Waals surface area contributed by atoms with Gasteiger partial charge in [0.15, 0.2) is 0 Å². The number of carbonyl (C=O) groups excluding carboxylic acids is 1. The first-order chi connectivity index (χ1) is 10.7. The molecule has 4 nitrogen and oxygen atoms in total. The van der Waals surface area contributed by atoms with Crippen LogP contribution < -0.4 is 0 Å². The Kier molecular flexibility index (Phi) is 3.62. The van der Waals surface area contributed by atoms with E-state index in [1.165, 1.54) is 12.1 Å². The molecule has 22 heavy (non-hydrogen) atoms. The number of fused-ring (bicyclic) bond motifs is 2. The lowest BCUT2D eigenvalue weighted by Crippen LogP contribution is -2.64. The van der Waals surface area contributed by atoms with E-state index in [1.807, 2.05) is 11.0 Å². The first kappa shape index (κ1) is 14.2. The molecule has 3 aliphatic rings. The summed E-state index contributed by atoms with van der Waals surface area (Å²) < 4.78 is 18.6. The molecule has 0 aromatic heterocycles. The minimum absolute atomic E-state index is 0.00467. The van der Waals surface area contributed by atoms with Crippen molar-refractivity contribution in [2.75, 3.05) is 26.3 Å². The quantitative estimate of drug-likeness (QED) is 0.851. The molecule has 3 heterocycles. The van der Waals surface area contributed by atoms with Crippen molar-refractivity contribution in [3.05, 3.63) is 35.6 Å². The number of likely N-dealkylation sites (tertiary alicyclic amines) is 2. The molecule has 3 aliphatic heterocycles. The maximum absolute atomic E-state index is 13.3. The van der Waals surface area contributed by atoms with Gasteiger partial charge in [-0.3, -0.25) is 9.69 Å². The van der Waals surface area contributed by atoms with Crippen molar-refractivity contribution < 1.29 is 13.9 Å². The van der Waals surface area contributed by atoms with Crippen LogP contribution in [0.1, 0.15) is 18.4 Å². The van der Waals surface area contributed by atoms with Crippen LogP contribution in [0.5, 0.6) is 0 Å². The van der Waals surface area contributed by atoms with Crippen LogP contribution in [0.2, 0.25) is 0 Å². The van der Waals surface area contributed by atoms with Gasteiger partial charge in [-0.2, -0.15) is 0 Å². The van der Waals surface area contributed by atoms with E-state index < -0.39 is 0 Å². The van der Waals surface area contributed by atoms with Crippen molar-refractivity contribution >= 4 is 5.91 Å². The number of hydrogen-bond donors (Lipinski definition) is 0. The Morgan fingerprint density at radius 1 is 1.32 bits per heavy atom. The van der Waals surface area contributed by atoms with E-state index in [2.05, 4.69) is 4.90 Å². The first-order valence-corrected chi connectivity index (χ1v) is 8.07. The summed E-state index contributed by atoms with van der Waals surface area (Å²) in [7, 11) is 0. The number of halogens is 1. The average molecular weight is 304 g/mol. The standard InChI is InChI=1S/C17H21FN2O2/c18-14-3-1-2-12(6-14)8-19-9-13-4-5-20(15-10-22-11-15)16(7-13)17(19)21/h1-3,6,13,15-16H,4-5,7-11H2/t13-,16+/m0/s1. The van der Waals surface area contributed by atoms with Crippen molar-refractivity contribution in [2.24, 2.45) is 5.92 Å². The molecule has 0 radical (unpaired) electrons. The van der Waals surface area contributed by atoms with E-state index in [0.29, 0.717) is 18.5 Å². The molecule has 118 valence electrons. The van der Waals surface area contributed by atoms with Crippen molar-refractivity contribution in [1.82, 2.24) is 9.80 Å². The Morgan fingerprint density at radius 2 is 2.18 bits per heavy atom. The summed E-state index contributed by atoms with van der Waals surface area (Å²) in [6, 6.07) is 6.96. The van der Waals surface area contributed by atoms with Gasteiger partial charge in [-0.05, 0) is 43.0 Å². The van der Waals surface area contributed by atoms with E-state index in [1.54, 1.807) is 6.07 Å². The fraction of sp³-hybridized carbons (Fsp3) is 0.588. The summed E-state index contributed by atoms with van der Waals surface area (Å²) in [5.41, 5.74) is 0.867. The molecule has 2 atom stereocenters. The van der Waals surface area contributed by atoms with Gasteiger partial charge in [-0.15, -0.1) is 0 Å². The SMILES string of the molecule is O=C1[C@H]2C[C@H](CCN2C2COC2)CN1Cc1cccc(F)c1. The Bertz CT molecular complexity index is 576. The van der Waals surface area contributed by atoms with Gasteiger partial charge in [0.25, 0.3) is 0 Å². The minimum Gasteiger partial charge on any atom is -0.378 e. The molecule has 0 aliphatic carbocycles. The fourth-order valence-electron chi connectivity index (χ4n) is 3.93. The fourth-order valence-corrected chi connectivity index (χ4v) is 3.93. The van der Waals surface area contributed by atoms with Gasteiger partial charge in [0.05, 0.1) is 25.3 Å². The highest BCUT2D eigenvalue weighted by atomic mass is 19.1. The monoisotopic (exact) mass is 304 g/mol. The topological polar surface area (TPSA) is 32.8 Å². The summed E-state index contributed by atoms with van der Waals surface area (Å²) in [5, 5.41) is 0. The number of amides is 1. The van der Waals surface area contributed by atoms with Crippen LogP contribution in [-0.2, 0) is 16.1 Å². The van der Waals surface area contributed by atoms with Crippen LogP contribution in [-0.4, -0.2) is 54.1 Å². The van der Waals surface area contributed by atoms with Gasteiger partial charge in [0.2, 0.25) is 5.91 Å². The molecule has 1 aromatic carbocycles. The summed E-state index contributed by atoms with van der Waals surface area (Å²) in [6.07, 6.45) is 2.11. The Hall–Kier alpha value is -1.46. The normalized spacial score (nSPS) is 29.5. The molecule has 3 saturated heterocycles. The van der Waals surface area contributed by atoms with Crippen LogP contribution in [0.4, 0.5) is 4.39 Å². The van der Waals surface area contributed by atoms with E-state index >= 15 is 0 Å². The highest BCUT2D eigenvalue weighted by molar-refractivity contribution is 5.83. The second kappa shape index (κ2) is 5.63. The van der Waals surface area contributed by atoms with Crippen LogP contribution >= 0.6 is 0 Å². The molecule has 3 fully saturated rings. The number of piperidine rings is 2. The van der Waals surface area contributed by atoms with Gasteiger partial charge in [0.1, 0.15) is 5.82 Å². The molecule has 4 rings (SSSR count). The highest BCUT2D eigenvalue weighted by Gasteiger charge is 2.44. The van der Waals surface area contributed by atoms with Gasteiger partial charge in [-0.1, -0.05) is 12.1 Å². The van der Waals surface area contributed by atoms with Gasteiger partial charge >= 0.3 is 0 Å². The smallest absolute Gasteiger partial charge is 0.240 e. The van der Waals surface area contributed by atoms with Gasteiger partial charge in [0, 0.05) is 13.1 Å². The second-order valence-electron chi connectivity index (χ2n) is 6.68. The van der Waals surface area contributed by atoms with E-state index in [9.17, 15) is 9.18 Å². The highest BCUT2D eigenvalue weighted by Crippen LogP contribution is 2.33. The number of nitrogens with zero attached hydrogens (tertiary/aromatic N) is 2. The lowest BCUT2D eigenvalue weighted by molar-refractivity contribution is -0.157. The van der Waals surface area contributed by atoms with Crippen molar-refractivity contribution in [2.45, 2.75) is 31.5 Å². The van der Waals surface area contributed by atoms with Gasteiger partial charge < -0.3 is 9.64 Å². The maximum Gasteiger partial charge on any atom is 0.240 e. The summed E-state index contributed by atoms with van der Waals surface area (Å²) in [5.74, 6) is 0.538. The van der Waals surface area contributed by atoms with Crippen molar-refractivity contribution in [3.8, 4) is 0 Å². The number of benzene rings is 1. The van der Waals surface area contributed by atoms with Crippen LogP contribution in [0.25, 0.3) is 0 Å². The van der Waals surface area contributed by atoms with Gasteiger partial charge in [-0.25, -0.2) is 4.39 Å². The van der Waals surface area contributed by atoms with E-state index in [4.69, 9.17) is 4.74 Å². The minimum atomic E-state index is -0.240. The molecule has 2 bridgehead atoms. The van der Waals surface area contributed by atoms with Crippen LogP contribution in [0, 0.1) is 11.7 Å². The van der Waals surface area contributed by atoms with Crippen molar-refractivity contribution in [3.63, 3.8) is 0 Å². The molecule has 0 unspecified atom stereocenters. The molecule has 5 heteroatoms. The largest absolute Gasteiger partial charge is 0.378 e. The second-order valence-corrected chi connectivity index (χ2v) is 6.68. The predicted molar refractivity (Wildman–Crippen MR) is 79.6 cm³/mol. The molecule has 1 amide bonds. The lowest BCUT2D eigenvalue weighted by atomic mass is 9.84. The lowest BCUT2D eigenvalue weighted by Gasteiger charge is -2.50. The zero-order chi connectivity index (χ0) is 15.1. The van der Waals surface area contributed by atoms with Crippen molar-refractivity contribution in [1.29, 1.82) is 0 Å². The molecular formula is C17H21FN2O2. The zero-order valence-corrected chi connectivity index (χ0v) is 12.6. The summed E-state index contributed by atoms with van der Waals surface area (Å²) >= 11 is 0. The zero-order valence-electron chi connectivity index (χ0n) is 12.6. The maximum atomic E-state index is 13.3. The molecule has 0 saturated carbocycles. The number of hydrogen-bond acceptors (Lipinski definition) is 3. The Labute approximate surface area is 129 Å². The first-order valence-electron chi connectivity index (χ1n) is 8.07. The van der Waals surface area contributed by atoms with E-state index in [-0.39, 0.29) is 17.8 Å². The molecular weight excluding hydrogens is 283 g/mol. The van der Waals surface area contributed by atoms with Crippen LogP contribution in [0.3, 0.4) is 0 Å². The third-order valence-corrected chi connectivity index (χ3v) is 5.18. The number of rotatable bonds is 3. The molecule has 0 N–H and O–H groups in total. The predicted octanol–water partition coefficient (Wildman–Crippen LogP) is 1.65. The average Bonchev–Trinajstić information content (AvgIpc) is 2.45. The number of carbonyl (C=O) groups is 1. The van der Waals surface area contributed by atoms with E-state index in [0.717, 1.165) is 44.7 Å². The third kappa shape index (κ3) is 2.52. The Morgan fingerprint density at radius 3 is 2.91 bits per heavy atom. The third-order valence-electron chi connectivity index (χ3n) is 5.18. The Balaban J connectivity index is 1.50. The molecule has 0 spiro atoms.